The molecule has 0 unspecified atom stereocenters. The summed E-state index contributed by atoms with van der Waals surface area (Å²) in [5, 5.41) is 0. The van der Waals surface area contributed by atoms with Crippen LogP contribution in [0.3, 0.4) is 0 Å². The number of hydrogen-bond acceptors (Lipinski definition) is 9. The van der Waals surface area contributed by atoms with Crippen molar-refractivity contribution in [3.63, 3.8) is 0 Å². The van der Waals surface area contributed by atoms with E-state index in [0.29, 0.717) is 39.3 Å². The van der Waals surface area contributed by atoms with E-state index in [1.165, 1.54) is 89.9 Å². The standard InChI is InChI=1S/C54H97NO8/c1-6-9-12-15-20-27-35-49(36-28-21-16-13-10-7-2)54(58)62-43-33-26-19-24-31-41-60-51-45-48(47-63-53(57)38-34-39-55(4)5)44-50(46-51)59-40-30-23-18-25-32-42-61-52(56)37-29-22-17-14-11-8-3/h44-46,49H,6-43,47H2,1-5H3. The Kier molecular flexibility index (Phi) is 39.8. The van der Waals surface area contributed by atoms with Gasteiger partial charge in [-0.25, -0.2) is 0 Å². The normalized spacial score (nSPS) is 11.3. The molecule has 0 atom stereocenters. The smallest absolute Gasteiger partial charge is 0.308 e. The number of nitrogens with zero attached hydrogens (tertiary/aromatic N) is 1. The van der Waals surface area contributed by atoms with Crippen LogP contribution in [0, 0.1) is 5.92 Å². The third kappa shape index (κ3) is 37.1. The number of unbranched alkanes of at least 4 members (excludes halogenated alkanes) is 23. The Balaban J connectivity index is 2.44. The van der Waals surface area contributed by atoms with Crippen LogP contribution in [0.2, 0.25) is 0 Å². The zero-order valence-electron chi connectivity index (χ0n) is 41.6. The van der Waals surface area contributed by atoms with Crippen molar-refractivity contribution in [2.75, 3.05) is 47.1 Å². The van der Waals surface area contributed by atoms with E-state index in [2.05, 4.69) is 25.7 Å². The van der Waals surface area contributed by atoms with Crippen LogP contribution in [0.1, 0.15) is 238 Å². The number of benzene rings is 1. The SMILES string of the molecule is CCCCCCCCC(=O)OCCCCCCCOc1cc(COC(=O)CCCN(C)C)cc(OCCCCCCCOC(=O)C(CCCCCCCC)CCCCCCCC)c1. The fourth-order valence-electron chi connectivity index (χ4n) is 7.83. The maximum Gasteiger partial charge on any atom is 0.308 e. The third-order valence-electron chi connectivity index (χ3n) is 11.8. The molecule has 0 aliphatic rings. The second-order valence-electron chi connectivity index (χ2n) is 18.3. The molecule has 0 fully saturated rings. The monoisotopic (exact) mass is 888 g/mol. The van der Waals surface area contributed by atoms with E-state index in [1.807, 2.05) is 32.3 Å². The molecule has 0 saturated carbocycles. The lowest BCUT2D eigenvalue weighted by atomic mass is 9.94. The molecule has 0 N–H and O–H groups in total. The molecule has 9 heteroatoms. The number of carbonyl (C=O) groups is 3. The molecule has 63 heavy (non-hydrogen) atoms. The van der Waals surface area contributed by atoms with Crippen LogP contribution in [0.5, 0.6) is 11.5 Å². The van der Waals surface area contributed by atoms with Crippen LogP contribution in [0.15, 0.2) is 18.2 Å². The van der Waals surface area contributed by atoms with E-state index in [-0.39, 0.29) is 30.4 Å². The maximum absolute atomic E-state index is 13.1. The number of ether oxygens (including phenoxy) is 5. The quantitative estimate of drug-likeness (QED) is 0.0360. The largest absolute Gasteiger partial charge is 0.493 e. The first-order valence-electron chi connectivity index (χ1n) is 26.3. The zero-order valence-corrected chi connectivity index (χ0v) is 41.6. The lowest BCUT2D eigenvalue weighted by Crippen LogP contribution is -2.18. The van der Waals surface area contributed by atoms with Crippen LogP contribution in [-0.2, 0) is 35.2 Å². The molecule has 1 rings (SSSR count). The van der Waals surface area contributed by atoms with Gasteiger partial charge in [0.15, 0.2) is 0 Å². The average molecular weight is 888 g/mol. The molecule has 0 radical (unpaired) electrons. The minimum atomic E-state index is -0.200. The van der Waals surface area contributed by atoms with Crippen LogP contribution in [0.4, 0.5) is 0 Å². The number of esters is 3. The van der Waals surface area contributed by atoms with Crippen molar-refractivity contribution >= 4 is 17.9 Å². The summed E-state index contributed by atoms with van der Waals surface area (Å²) in [7, 11) is 4.00. The van der Waals surface area contributed by atoms with Crippen molar-refractivity contribution in [2.24, 2.45) is 5.92 Å². The van der Waals surface area contributed by atoms with Gasteiger partial charge in [0.1, 0.15) is 18.1 Å². The summed E-state index contributed by atoms with van der Waals surface area (Å²) in [6.45, 7) is 9.96. The fourth-order valence-corrected chi connectivity index (χ4v) is 7.83. The van der Waals surface area contributed by atoms with Gasteiger partial charge >= 0.3 is 17.9 Å². The molecule has 9 nitrogen and oxygen atoms in total. The van der Waals surface area contributed by atoms with Crippen LogP contribution < -0.4 is 9.47 Å². The highest BCUT2D eigenvalue weighted by molar-refractivity contribution is 5.72. The number of hydrogen-bond donors (Lipinski definition) is 0. The van der Waals surface area contributed by atoms with Gasteiger partial charge < -0.3 is 28.6 Å². The second kappa shape index (κ2) is 43.1. The van der Waals surface area contributed by atoms with Crippen LogP contribution >= 0.6 is 0 Å². The van der Waals surface area contributed by atoms with Crippen LogP contribution in [-0.4, -0.2) is 69.9 Å². The summed E-state index contributed by atoms with van der Waals surface area (Å²) in [6, 6.07) is 5.82. The Morgan fingerprint density at radius 3 is 1.33 bits per heavy atom. The highest BCUT2D eigenvalue weighted by Crippen LogP contribution is 2.25. The summed E-state index contributed by atoms with van der Waals surface area (Å²) in [5.74, 6) is 1.27. The molecule has 0 spiro atoms. The summed E-state index contributed by atoms with van der Waals surface area (Å²) in [4.78, 5) is 39.6. The molecule has 0 aliphatic carbocycles. The Bertz CT molecular complexity index is 1210. The fraction of sp³-hybridized carbons (Fsp3) is 0.833. The molecule has 0 heterocycles. The van der Waals surface area contributed by atoms with Crippen molar-refractivity contribution in [3.05, 3.63) is 23.8 Å². The van der Waals surface area contributed by atoms with E-state index in [9.17, 15) is 14.4 Å². The van der Waals surface area contributed by atoms with E-state index in [0.717, 1.165) is 133 Å². The molecule has 0 aromatic heterocycles. The molecule has 0 saturated heterocycles. The third-order valence-corrected chi connectivity index (χ3v) is 11.8. The van der Waals surface area contributed by atoms with Crippen molar-refractivity contribution in [2.45, 2.75) is 239 Å². The van der Waals surface area contributed by atoms with Gasteiger partial charge in [0, 0.05) is 18.9 Å². The van der Waals surface area contributed by atoms with Crippen molar-refractivity contribution in [1.82, 2.24) is 4.90 Å². The van der Waals surface area contributed by atoms with Gasteiger partial charge in [0.25, 0.3) is 0 Å². The Hall–Kier alpha value is -2.81. The van der Waals surface area contributed by atoms with Crippen molar-refractivity contribution in [3.8, 4) is 11.5 Å². The van der Waals surface area contributed by atoms with Gasteiger partial charge in [-0.1, -0.05) is 168 Å². The molecular weight excluding hydrogens is 791 g/mol. The van der Waals surface area contributed by atoms with E-state index in [4.69, 9.17) is 23.7 Å². The van der Waals surface area contributed by atoms with E-state index >= 15 is 0 Å². The summed E-state index contributed by atoms with van der Waals surface area (Å²) >= 11 is 0. The first kappa shape index (κ1) is 58.2. The van der Waals surface area contributed by atoms with Gasteiger partial charge in [-0.15, -0.1) is 0 Å². The van der Waals surface area contributed by atoms with Gasteiger partial charge in [-0.2, -0.15) is 0 Å². The summed E-state index contributed by atoms with van der Waals surface area (Å²) < 4.78 is 29.2. The highest BCUT2D eigenvalue weighted by atomic mass is 16.5. The highest BCUT2D eigenvalue weighted by Gasteiger charge is 2.19. The first-order valence-corrected chi connectivity index (χ1v) is 26.3. The molecule has 1 aromatic rings. The summed E-state index contributed by atoms with van der Waals surface area (Å²) in [5.41, 5.74) is 0.852. The Labute approximate surface area is 387 Å². The predicted molar refractivity (Wildman–Crippen MR) is 261 cm³/mol. The maximum atomic E-state index is 13.1. The lowest BCUT2D eigenvalue weighted by Gasteiger charge is -2.16. The number of rotatable bonds is 46. The second-order valence-corrected chi connectivity index (χ2v) is 18.3. The number of carbonyl (C=O) groups excluding carboxylic acids is 3. The van der Waals surface area contributed by atoms with E-state index < -0.39 is 0 Å². The predicted octanol–water partition coefficient (Wildman–Crippen LogP) is 14.7. The first-order chi connectivity index (χ1) is 30.8. The molecular formula is C54H97NO8. The van der Waals surface area contributed by atoms with E-state index in [1.54, 1.807) is 0 Å². The average Bonchev–Trinajstić information content (AvgIpc) is 3.27. The summed E-state index contributed by atoms with van der Waals surface area (Å²) in [6.07, 6.45) is 35.6. The topological polar surface area (TPSA) is 101 Å². The Morgan fingerprint density at radius 2 is 0.841 bits per heavy atom. The zero-order chi connectivity index (χ0) is 45.9. The Morgan fingerprint density at radius 1 is 0.444 bits per heavy atom. The van der Waals surface area contributed by atoms with Gasteiger partial charge in [-0.3, -0.25) is 14.4 Å². The molecule has 0 bridgehead atoms. The molecule has 366 valence electrons. The van der Waals surface area contributed by atoms with Gasteiger partial charge in [0.05, 0.1) is 32.3 Å². The van der Waals surface area contributed by atoms with Gasteiger partial charge in [0.2, 0.25) is 0 Å². The van der Waals surface area contributed by atoms with Gasteiger partial charge in [-0.05, 0) is 89.7 Å². The van der Waals surface area contributed by atoms with Crippen LogP contribution in [0.25, 0.3) is 0 Å². The van der Waals surface area contributed by atoms with Crippen molar-refractivity contribution in [1.29, 1.82) is 0 Å². The molecule has 0 aliphatic heterocycles. The minimum Gasteiger partial charge on any atom is -0.493 e. The molecule has 0 amide bonds. The van der Waals surface area contributed by atoms with Crippen molar-refractivity contribution < 1.29 is 38.1 Å². The molecule has 1 aromatic carbocycles. The lowest BCUT2D eigenvalue weighted by molar-refractivity contribution is -0.149. The minimum absolute atomic E-state index is 0.0280.